The molecule has 2 rings (SSSR count). The van der Waals surface area contributed by atoms with E-state index >= 15 is 0 Å². The van der Waals surface area contributed by atoms with Gasteiger partial charge in [0.2, 0.25) is 5.69 Å². The second-order valence-electron chi connectivity index (χ2n) is 5.14. The number of carbonyl (C=O) groups is 1. The molecule has 0 spiro atoms. The molecule has 1 aromatic rings. The molecule has 1 heterocycles. The van der Waals surface area contributed by atoms with E-state index in [0.717, 1.165) is 19.3 Å². The van der Waals surface area contributed by atoms with Gasteiger partial charge in [-0.25, -0.2) is 0 Å². The summed E-state index contributed by atoms with van der Waals surface area (Å²) in [7, 11) is 1.56. The van der Waals surface area contributed by atoms with Crippen LogP contribution >= 0.6 is 0 Å². The molecule has 2 atom stereocenters. The van der Waals surface area contributed by atoms with Crippen LogP contribution in [0.3, 0.4) is 0 Å². The van der Waals surface area contributed by atoms with Crippen LogP contribution in [-0.2, 0) is 7.05 Å². The molecule has 1 aliphatic rings. The molecule has 1 fully saturated rings. The number of aryl methyl sites for hydroxylation is 1. The van der Waals surface area contributed by atoms with Crippen LogP contribution in [-0.4, -0.2) is 26.7 Å². The maximum absolute atomic E-state index is 12.1. The molecule has 1 saturated carbocycles. The van der Waals surface area contributed by atoms with Gasteiger partial charge in [-0.2, -0.15) is 5.10 Å². The van der Waals surface area contributed by atoms with Crippen LogP contribution in [0.2, 0.25) is 0 Å². The normalized spacial score (nSPS) is 23.1. The van der Waals surface area contributed by atoms with Crippen LogP contribution in [0.25, 0.3) is 0 Å². The maximum atomic E-state index is 12.1. The fraction of sp³-hybridized carbons (Fsp3) is 0.667. The van der Waals surface area contributed by atoms with Gasteiger partial charge in [-0.05, 0) is 18.8 Å². The number of hydrogen-bond acceptors (Lipinski definition) is 4. The Kier molecular flexibility index (Phi) is 3.82. The first-order valence-electron chi connectivity index (χ1n) is 6.48. The highest BCUT2D eigenvalue weighted by Crippen LogP contribution is 2.24. The zero-order chi connectivity index (χ0) is 14.0. The van der Waals surface area contributed by atoms with Crippen molar-refractivity contribution in [3.8, 4) is 0 Å². The second kappa shape index (κ2) is 5.38. The Morgan fingerprint density at radius 1 is 1.53 bits per heavy atom. The zero-order valence-corrected chi connectivity index (χ0v) is 11.1. The van der Waals surface area contributed by atoms with Gasteiger partial charge in [0, 0.05) is 13.1 Å². The molecule has 1 aromatic heterocycles. The third kappa shape index (κ3) is 2.91. The molecule has 104 valence electrons. The molecule has 1 N–H and O–H groups in total. The summed E-state index contributed by atoms with van der Waals surface area (Å²) in [6.07, 6.45) is 5.51. The average Bonchev–Trinajstić information content (AvgIpc) is 2.74. The molecule has 0 aromatic carbocycles. The van der Waals surface area contributed by atoms with Crippen molar-refractivity contribution in [2.45, 2.75) is 38.6 Å². The first-order chi connectivity index (χ1) is 8.99. The summed E-state index contributed by atoms with van der Waals surface area (Å²) in [5.74, 6) is -0.0495. The number of nitro groups is 1. The maximum Gasteiger partial charge on any atom is 0.320 e. The predicted molar refractivity (Wildman–Crippen MR) is 68.7 cm³/mol. The SMILES string of the molecule is C[C@@H]1CCCC[C@@H]1NC(=O)c1nn(C)cc1[N+](=O)[O-]. The standard InChI is InChI=1S/C12H18N4O3/c1-8-5-3-4-6-9(8)13-12(17)11-10(16(18)19)7-15(2)14-11/h7-9H,3-6H2,1-2H3,(H,13,17)/t8-,9+/m1/s1. The summed E-state index contributed by atoms with van der Waals surface area (Å²) >= 11 is 0. The van der Waals surface area contributed by atoms with E-state index in [4.69, 9.17) is 0 Å². The van der Waals surface area contributed by atoms with Crippen molar-refractivity contribution in [2.24, 2.45) is 13.0 Å². The lowest BCUT2D eigenvalue weighted by Gasteiger charge is -2.29. The van der Waals surface area contributed by atoms with Crippen molar-refractivity contribution in [1.29, 1.82) is 0 Å². The lowest BCUT2D eigenvalue weighted by atomic mass is 9.86. The second-order valence-corrected chi connectivity index (χ2v) is 5.14. The van der Waals surface area contributed by atoms with Crippen molar-refractivity contribution in [3.05, 3.63) is 22.0 Å². The zero-order valence-electron chi connectivity index (χ0n) is 11.1. The predicted octanol–water partition coefficient (Wildman–Crippen LogP) is 1.64. The van der Waals surface area contributed by atoms with Gasteiger partial charge in [0.1, 0.15) is 6.20 Å². The quantitative estimate of drug-likeness (QED) is 0.665. The summed E-state index contributed by atoms with van der Waals surface area (Å²) in [5.41, 5.74) is -0.353. The molecule has 0 unspecified atom stereocenters. The molecule has 0 radical (unpaired) electrons. The first kappa shape index (κ1) is 13.5. The monoisotopic (exact) mass is 266 g/mol. The summed E-state index contributed by atoms with van der Waals surface area (Å²) < 4.78 is 1.29. The Hall–Kier alpha value is -1.92. The molecule has 0 saturated heterocycles. The van der Waals surface area contributed by atoms with Crippen molar-refractivity contribution >= 4 is 11.6 Å². The van der Waals surface area contributed by atoms with E-state index < -0.39 is 10.8 Å². The highest BCUT2D eigenvalue weighted by Gasteiger charge is 2.29. The van der Waals surface area contributed by atoms with Crippen LogP contribution in [0.4, 0.5) is 5.69 Å². The number of rotatable bonds is 3. The van der Waals surface area contributed by atoms with Crippen LogP contribution < -0.4 is 5.32 Å². The van der Waals surface area contributed by atoms with Crippen molar-refractivity contribution in [3.63, 3.8) is 0 Å². The summed E-state index contributed by atoms with van der Waals surface area (Å²) in [6.45, 7) is 2.09. The van der Waals surface area contributed by atoms with Gasteiger partial charge < -0.3 is 5.32 Å². The summed E-state index contributed by atoms with van der Waals surface area (Å²) in [5, 5.41) is 17.6. The molecular weight excluding hydrogens is 248 g/mol. The number of carbonyl (C=O) groups excluding carboxylic acids is 1. The van der Waals surface area contributed by atoms with Gasteiger partial charge in [0.05, 0.1) is 4.92 Å². The fourth-order valence-electron chi connectivity index (χ4n) is 2.54. The van der Waals surface area contributed by atoms with Crippen LogP contribution in [0.5, 0.6) is 0 Å². The van der Waals surface area contributed by atoms with Gasteiger partial charge >= 0.3 is 5.69 Å². The van der Waals surface area contributed by atoms with Crippen LogP contribution in [0, 0.1) is 16.0 Å². The minimum absolute atomic E-state index is 0.0860. The van der Waals surface area contributed by atoms with E-state index in [1.165, 1.54) is 17.3 Å². The highest BCUT2D eigenvalue weighted by atomic mass is 16.6. The minimum Gasteiger partial charge on any atom is -0.347 e. The molecular formula is C12H18N4O3. The smallest absolute Gasteiger partial charge is 0.320 e. The molecule has 19 heavy (non-hydrogen) atoms. The van der Waals surface area contributed by atoms with Gasteiger partial charge in [-0.1, -0.05) is 19.8 Å². The lowest BCUT2D eigenvalue weighted by Crippen LogP contribution is -2.41. The fourth-order valence-corrected chi connectivity index (χ4v) is 2.54. The first-order valence-corrected chi connectivity index (χ1v) is 6.48. The van der Waals surface area contributed by atoms with E-state index in [9.17, 15) is 14.9 Å². The van der Waals surface area contributed by atoms with Crippen molar-refractivity contribution < 1.29 is 9.72 Å². The summed E-state index contributed by atoms with van der Waals surface area (Å²) in [6, 6.07) is 0.0860. The Morgan fingerprint density at radius 3 is 2.84 bits per heavy atom. The van der Waals surface area contributed by atoms with E-state index in [1.807, 2.05) is 0 Å². The van der Waals surface area contributed by atoms with E-state index in [1.54, 1.807) is 7.05 Å². The number of amides is 1. The number of hydrogen-bond donors (Lipinski definition) is 1. The topological polar surface area (TPSA) is 90.1 Å². The average molecular weight is 266 g/mol. The molecule has 1 amide bonds. The Labute approximate surface area is 111 Å². The third-order valence-corrected chi connectivity index (χ3v) is 3.65. The number of aromatic nitrogens is 2. The van der Waals surface area contributed by atoms with Crippen molar-refractivity contribution in [2.75, 3.05) is 0 Å². The van der Waals surface area contributed by atoms with Crippen molar-refractivity contribution in [1.82, 2.24) is 15.1 Å². The van der Waals surface area contributed by atoms with E-state index in [-0.39, 0.29) is 17.4 Å². The molecule has 0 bridgehead atoms. The van der Waals surface area contributed by atoms with Gasteiger partial charge in [-0.3, -0.25) is 19.6 Å². The number of nitrogens with zero attached hydrogens (tertiary/aromatic N) is 3. The molecule has 0 aliphatic heterocycles. The van der Waals surface area contributed by atoms with E-state index in [2.05, 4.69) is 17.3 Å². The Morgan fingerprint density at radius 2 is 2.21 bits per heavy atom. The Bertz CT molecular complexity index is 497. The number of nitrogens with one attached hydrogen (secondary N) is 1. The van der Waals surface area contributed by atoms with Gasteiger partial charge in [-0.15, -0.1) is 0 Å². The highest BCUT2D eigenvalue weighted by molar-refractivity contribution is 5.96. The van der Waals surface area contributed by atoms with Crippen LogP contribution in [0.1, 0.15) is 43.1 Å². The third-order valence-electron chi connectivity index (χ3n) is 3.65. The molecule has 7 heteroatoms. The van der Waals surface area contributed by atoms with Crippen LogP contribution in [0.15, 0.2) is 6.20 Å². The Balaban J connectivity index is 2.13. The van der Waals surface area contributed by atoms with Gasteiger partial charge in [0.15, 0.2) is 0 Å². The summed E-state index contributed by atoms with van der Waals surface area (Å²) in [4.78, 5) is 22.4. The minimum atomic E-state index is -0.577. The lowest BCUT2D eigenvalue weighted by molar-refractivity contribution is -0.385. The van der Waals surface area contributed by atoms with E-state index in [0.29, 0.717) is 5.92 Å². The van der Waals surface area contributed by atoms with Gasteiger partial charge in [0.25, 0.3) is 5.91 Å². The molecule has 1 aliphatic carbocycles. The largest absolute Gasteiger partial charge is 0.347 e. The molecule has 7 nitrogen and oxygen atoms in total.